The summed E-state index contributed by atoms with van der Waals surface area (Å²) in [6.07, 6.45) is 2.14. The van der Waals surface area contributed by atoms with Gasteiger partial charge in [0.25, 0.3) is 5.56 Å². The van der Waals surface area contributed by atoms with Gasteiger partial charge in [0.15, 0.2) is 16.3 Å². The third kappa shape index (κ3) is 2.02. The Hall–Kier alpha value is -2.08. The zero-order valence-corrected chi connectivity index (χ0v) is 10.2. The van der Waals surface area contributed by atoms with Crippen LogP contribution in [0.5, 0.6) is 11.5 Å². The smallest absolute Gasteiger partial charge is 0.255 e. The van der Waals surface area contributed by atoms with E-state index in [4.69, 9.17) is 21.7 Å². The van der Waals surface area contributed by atoms with E-state index in [9.17, 15) is 4.79 Å². The van der Waals surface area contributed by atoms with E-state index < -0.39 is 0 Å². The molecular formula is C12H10N2O3S. The molecule has 2 heterocycles. The number of hydrogen-bond acceptors (Lipinski definition) is 4. The molecule has 0 atom stereocenters. The molecule has 0 unspecified atom stereocenters. The van der Waals surface area contributed by atoms with Crippen molar-refractivity contribution in [3.63, 3.8) is 0 Å². The fraction of sp³-hybridized carbons (Fsp3) is 0.167. The quantitative estimate of drug-likeness (QED) is 0.809. The number of rotatable bonds is 2. The average Bonchev–Trinajstić information content (AvgIpc) is 2.80. The lowest BCUT2D eigenvalue weighted by atomic mass is 10.1. The maximum Gasteiger partial charge on any atom is 0.255 e. The van der Waals surface area contributed by atoms with Gasteiger partial charge >= 0.3 is 0 Å². The van der Waals surface area contributed by atoms with Crippen LogP contribution in [0, 0.1) is 4.77 Å². The monoisotopic (exact) mass is 262 g/mol. The molecule has 18 heavy (non-hydrogen) atoms. The highest BCUT2D eigenvalue weighted by molar-refractivity contribution is 7.71. The highest BCUT2D eigenvalue weighted by atomic mass is 32.1. The Kier molecular flexibility index (Phi) is 2.64. The van der Waals surface area contributed by atoms with E-state index in [1.165, 1.54) is 0 Å². The van der Waals surface area contributed by atoms with Gasteiger partial charge in [0.1, 0.15) is 0 Å². The van der Waals surface area contributed by atoms with Crippen molar-refractivity contribution in [2.24, 2.45) is 0 Å². The molecule has 2 aromatic rings. The van der Waals surface area contributed by atoms with Gasteiger partial charge in [-0.05, 0) is 29.9 Å². The summed E-state index contributed by atoms with van der Waals surface area (Å²) in [6, 6.07) is 5.63. The van der Waals surface area contributed by atoms with Gasteiger partial charge in [0, 0.05) is 18.2 Å². The highest BCUT2D eigenvalue weighted by Gasteiger charge is 2.13. The van der Waals surface area contributed by atoms with Crippen LogP contribution in [0.25, 0.3) is 0 Å². The third-order valence-electron chi connectivity index (χ3n) is 2.73. The molecule has 1 aromatic carbocycles. The molecule has 1 aliphatic rings. The summed E-state index contributed by atoms with van der Waals surface area (Å²) in [6.45, 7) is 0.248. The predicted molar refractivity (Wildman–Crippen MR) is 67.6 cm³/mol. The Labute approximate surface area is 107 Å². The summed E-state index contributed by atoms with van der Waals surface area (Å²) in [7, 11) is 0. The van der Waals surface area contributed by atoms with Gasteiger partial charge in [-0.25, -0.2) is 0 Å². The lowest BCUT2D eigenvalue weighted by Crippen LogP contribution is -2.13. The number of H-pyrrole nitrogens is 2. The fourth-order valence-electron chi connectivity index (χ4n) is 1.84. The number of hydrogen-bond donors (Lipinski definition) is 2. The number of fused-ring (bicyclic) bond motifs is 1. The second kappa shape index (κ2) is 4.30. The van der Waals surface area contributed by atoms with Gasteiger partial charge in [0.05, 0.1) is 0 Å². The lowest BCUT2D eigenvalue weighted by Gasteiger charge is -2.02. The zero-order chi connectivity index (χ0) is 12.5. The minimum absolute atomic E-state index is 0.170. The second-order valence-electron chi connectivity index (χ2n) is 3.96. The molecule has 6 heteroatoms. The molecule has 1 aromatic heterocycles. The molecular weight excluding hydrogens is 252 g/mol. The lowest BCUT2D eigenvalue weighted by molar-refractivity contribution is 0.174. The summed E-state index contributed by atoms with van der Waals surface area (Å²) >= 11 is 4.84. The average molecular weight is 262 g/mol. The van der Waals surface area contributed by atoms with Crippen molar-refractivity contribution < 1.29 is 9.47 Å². The molecule has 1 aliphatic heterocycles. The molecule has 0 radical (unpaired) electrons. The summed E-state index contributed by atoms with van der Waals surface area (Å²) in [4.78, 5) is 17.1. The number of nitrogens with one attached hydrogen (secondary N) is 2. The summed E-state index contributed by atoms with van der Waals surface area (Å²) in [5.41, 5.74) is 1.44. The molecule has 92 valence electrons. The molecule has 3 rings (SSSR count). The van der Waals surface area contributed by atoms with E-state index in [0.29, 0.717) is 22.5 Å². The molecule has 0 saturated carbocycles. The van der Waals surface area contributed by atoms with Crippen molar-refractivity contribution in [2.75, 3.05) is 6.79 Å². The Morgan fingerprint density at radius 2 is 2.11 bits per heavy atom. The van der Waals surface area contributed by atoms with Crippen LogP contribution >= 0.6 is 12.2 Å². The first-order chi connectivity index (χ1) is 8.72. The Morgan fingerprint density at radius 1 is 1.28 bits per heavy atom. The Bertz CT molecular complexity index is 705. The van der Waals surface area contributed by atoms with Gasteiger partial charge in [-0.3, -0.25) is 9.78 Å². The van der Waals surface area contributed by atoms with Gasteiger partial charge in [-0.2, -0.15) is 0 Å². The number of aromatic amines is 2. The fourth-order valence-corrected chi connectivity index (χ4v) is 1.99. The Balaban J connectivity index is 1.93. The summed E-state index contributed by atoms with van der Waals surface area (Å²) in [5.74, 6) is 1.45. The van der Waals surface area contributed by atoms with Crippen LogP contribution in [0.15, 0.2) is 29.2 Å². The largest absolute Gasteiger partial charge is 0.454 e. The predicted octanol–water partition coefficient (Wildman–Crippen LogP) is 1.75. The van der Waals surface area contributed by atoms with Crippen LogP contribution in [-0.2, 0) is 6.42 Å². The van der Waals surface area contributed by atoms with E-state index in [2.05, 4.69) is 9.97 Å². The van der Waals surface area contributed by atoms with Crippen LogP contribution in [0.1, 0.15) is 11.1 Å². The van der Waals surface area contributed by atoms with Gasteiger partial charge < -0.3 is 14.5 Å². The molecule has 0 aliphatic carbocycles. The van der Waals surface area contributed by atoms with Crippen LogP contribution in [0.2, 0.25) is 0 Å². The standard InChI is InChI=1S/C12H10N2O3S/c15-11-8(5-13-12(18)14-11)3-7-1-2-9-10(4-7)17-6-16-9/h1-2,4-5H,3,6H2,(H2,13,14,15,18). The maximum absolute atomic E-state index is 11.7. The molecule has 2 N–H and O–H groups in total. The minimum Gasteiger partial charge on any atom is -0.454 e. The molecule has 0 amide bonds. The molecule has 0 spiro atoms. The van der Waals surface area contributed by atoms with E-state index >= 15 is 0 Å². The summed E-state index contributed by atoms with van der Waals surface area (Å²) < 4.78 is 10.9. The Morgan fingerprint density at radius 3 is 2.94 bits per heavy atom. The topological polar surface area (TPSA) is 67.1 Å². The van der Waals surface area contributed by atoms with Crippen molar-refractivity contribution >= 4 is 12.2 Å². The highest BCUT2D eigenvalue weighted by Crippen LogP contribution is 2.32. The van der Waals surface area contributed by atoms with E-state index in [-0.39, 0.29) is 12.4 Å². The first-order valence-corrected chi connectivity index (χ1v) is 5.82. The molecule has 0 bridgehead atoms. The van der Waals surface area contributed by atoms with E-state index in [1.807, 2.05) is 18.2 Å². The normalized spacial score (nSPS) is 12.7. The van der Waals surface area contributed by atoms with Crippen LogP contribution in [0.3, 0.4) is 0 Å². The van der Waals surface area contributed by atoms with Gasteiger partial charge in [-0.15, -0.1) is 0 Å². The van der Waals surface area contributed by atoms with Gasteiger partial charge in [-0.1, -0.05) is 6.07 Å². The number of ether oxygens (including phenoxy) is 2. The molecule has 0 saturated heterocycles. The number of benzene rings is 1. The number of aromatic nitrogens is 2. The van der Waals surface area contributed by atoms with Crippen LogP contribution < -0.4 is 15.0 Å². The van der Waals surface area contributed by atoms with Crippen molar-refractivity contribution in [2.45, 2.75) is 6.42 Å². The van der Waals surface area contributed by atoms with Crippen molar-refractivity contribution in [1.29, 1.82) is 0 Å². The van der Waals surface area contributed by atoms with E-state index in [1.54, 1.807) is 6.20 Å². The first-order valence-electron chi connectivity index (χ1n) is 5.42. The minimum atomic E-state index is -0.170. The molecule has 0 fully saturated rings. The van der Waals surface area contributed by atoms with Crippen molar-refractivity contribution in [1.82, 2.24) is 9.97 Å². The second-order valence-corrected chi connectivity index (χ2v) is 4.37. The first kappa shape index (κ1) is 11.0. The SMILES string of the molecule is O=c1[nH]c(=S)[nH]cc1Cc1ccc2c(c1)OCO2. The van der Waals surface area contributed by atoms with Crippen LogP contribution in [-0.4, -0.2) is 16.8 Å². The summed E-state index contributed by atoms with van der Waals surface area (Å²) in [5, 5.41) is 0. The zero-order valence-electron chi connectivity index (χ0n) is 9.36. The van der Waals surface area contributed by atoms with Crippen molar-refractivity contribution in [3.05, 3.63) is 50.6 Å². The maximum atomic E-state index is 11.7. The van der Waals surface area contributed by atoms with Crippen LogP contribution in [0.4, 0.5) is 0 Å². The van der Waals surface area contributed by atoms with Gasteiger partial charge in [0.2, 0.25) is 6.79 Å². The van der Waals surface area contributed by atoms with Crippen molar-refractivity contribution in [3.8, 4) is 11.5 Å². The third-order valence-corrected chi connectivity index (χ3v) is 2.95. The van der Waals surface area contributed by atoms with E-state index in [0.717, 1.165) is 11.3 Å². The molecule has 5 nitrogen and oxygen atoms in total.